The summed E-state index contributed by atoms with van der Waals surface area (Å²) in [6.07, 6.45) is 0.985. The van der Waals surface area contributed by atoms with Crippen LogP contribution in [0.5, 0.6) is 5.75 Å². The molecule has 4 aromatic rings. The number of aliphatic hydroxyl groups excluding tert-OH is 1. The molecule has 1 fully saturated rings. The Hall–Kier alpha value is -5.51. The van der Waals surface area contributed by atoms with Crippen molar-refractivity contribution < 1.29 is 37.7 Å². The third-order valence-corrected chi connectivity index (χ3v) is 7.31. The molecule has 236 valence electrons. The Morgan fingerprint density at radius 2 is 1.50 bits per heavy atom. The molecular weight excluding hydrogens is 594 g/mol. The third-order valence-electron chi connectivity index (χ3n) is 7.31. The molecule has 1 amide bonds. The molecule has 8 nitrogen and oxygen atoms in total. The van der Waals surface area contributed by atoms with Gasteiger partial charge < -0.3 is 24.6 Å². The van der Waals surface area contributed by atoms with E-state index in [0.717, 1.165) is 29.5 Å². The molecule has 0 heterocycles. The molecule has 10 heteroatoms. The quantitative estimate of drug-likeness (QED) is 0.0723. The van der Waals surface area contributed by atoms with Crippen molar-refractivity contribution in [2.24, 2.45) is 4.99 Å². The number of aliphatic imine (C=N–C) groups is 1. The van der Waals surface area contributed by atoms with Gasteiger partial charge in [-0.1, -0.05) is 60.7 Å². The number of hydrogen-bond donors (Lipinski definition) is 2. The van der Waals surface area contributed by atoms with E-state index in [9.17, 15) is 14.7 Å². The molecule has 0 atom stereocenters. The highest BCUT2D eigenvalue weighted by Gasteiger charge is 2.48. The first-order valence-corrected chi connectivity index (χ1v) is 14.7. The van der Waals surface area contributed by atoms with Crippen molar-refractivity contribution >= 4 is 29.7 Å². The smallest absolute Gasteiger partial charge is 0.408 e. The summed E-state index contributed by atoms with van der Waals surface area (Å²) >= 11 is 0. The molecule has 0 bridgehead atoms. The number of carbonyl (C=O) groups is 2. The zero-order chi connectivity index (χ0) is 32.5. The van der Waals surface area contributed by atoms with E-state index >= 15 is 8.78 Å². The molecule has 0 aliphatic heterocycles. The monoisotopic (exact) mass is 626 g/mol. The number of hydrogen-bond acceptors (Lipinski definition) is 7. The summed E-state index contributed by atoms with van der Waals surface area (Å²) in [6.45, 7) is 1.94. The Bertz CT molecular complexity index is 1740. The fraction of sp³-hybridized carbons (Fsp3) is 0.194. The van der Waals surface area contributed by atoms with E-state index in [-0.39, 0.29) is 18.8 Å². The summed E-state index contributed by atoms with van der Waals surface area (Å²) in [5.41, 5.74) is -0.102. The Morgan fingerprint density at radius 3 is 2.11 bits per heavy atom. The van der Waals surface area contributed by atoms with Crippen LogP contribution < -0.4 is 10.1 Å². The van der Waals surface area contributed by atoms with Gasteiger partial charge in [0, 0.05) is 11.8 Å². The Kier molecular flexibility index (Phi) is 10.1. The molecule has 4 aromatic carbocycles. The number of halogens is 2. The second-order valence-electron chi connectivity index (χ2n) is 10.6. The molecule has 1 saturated carbocycles. The lowest BCUT2D eigenvalue weighted by Gasteiger charge is -2.19. The number of amides is 1. The first-order valence-electron chi connectivity index (χ1n) is 14.7. The SMILES string of the molecule is CCOC(=O)/C(C=Nc1ccc(OCc2ccccc2)cc1)=C(\O)c1cc(F)c(C2(NC(=O)OCc3ccccc3)CC2)cc1F. The van der Waals surface area contributed by atoms with Crippen molar-refractivity contribution in [3.05, 3.63) is 137 Å². The zero-order valence-corrected chi connectivity index (χ0v) is 25.0. The van der Waals surface area contributed by atoms with E-state index in [1.54, 1.807) is 43.3 Å². The van der Waals surface area contributed by atoms with Crippen molar-refractivity contribution in [2.75, 3.05) is 6.61 Å². The summed E-state index contributed by atoms with van der Waals surface area (Å²) < 4.78 is 46.9. The van der Waals surface area contributed by atoms with Crippen molar-refractivity contribution in [2.45, 2.75) is 38.5 Å². The normalized spacial score (nSPS) is 13.9. The van der Waals surface area contributed by atoms with Crippen molar-refractivity contribution in [3.8, 4) is 5.75 Å². The molecule has 0 aromatic heterocycles. The largest absolute Gasteiger partial charge is 0.506 e. The minimum absolute atomic E-state index is 0.0154. The summed E-state index contributed by atoms with van der Waals surface area (Å²) in [4.78, 5) is 29.4. The summed E-state index contributed by atoms with van der Waals surface area (Å²) in [5.74, 6) is -3.12. The number of nitrogens with zero attached hydrogens (tertiary/aromatic N) is 1. The molecule has 5 rings (SSSR count). The second kappa shape index (κ2) is 14.5. The zero-order valence-electron chi connectivity index (χ0n) is 25.0. The van der Waals surface area contributed by atoms with Gasteiger partial charge in [-0.05, 0) is 67.3 Å². The maximum absolute atomic E-state index is 15.4. The number of rotatable bonds is 12. The van der Waals surface area contributed by atoms with Gasteiger partial charge in [0.2, 0.25) is 0 Å². The minimum atomic E-state index is -1.15. The van der Waals surface area contributed by atoms with E-state index in [0.29, 0.717) is 30.9 Å². The first kappa shape index (κ1) is 31.9. The fourth-order valence-corrected chi connectivity index (χ4v) is 4.71. The Balaban J connectivity index is 1.32. The van der Waals surface area contributed by atoms with E-state index in [1.165, 1.54) is 0 Å². The number of carbonyl (C=O) groups excluding carboxylic acids is 2. The van der Waals surface area contributed by atoms with Crippen LogP contribution in [0, 0.1) is 11.6 Å². The summed E-state index contributed by atoms with van der Waals surface area (Å²) in [5, 5.41) is 13.6. The van der Waals surface area contributed by atoms with Gasteiger partial charge in [-0.15, -0.1) is 0 Å². The molecule has 0 unspecified atom stereocenters. The predicted molar refractivity (Wildman–Crippen MR) is 169 cm³/mol. The summed E-state index contributed by atoms with van der Waals surface area (Å²) in [7, 11) is 0. The average Bonchev–Trinajstić information content (AvgIpc) is 3.85. The molecule has 2 N–H and O–H groups in total. The molecular formula is C36H32F2N2O6. The van der Waals surface area contributed by atoms with Crippen LogP contribution in [0.1, 0.15) is 42.0 Å². The number of aliphatic hydroxyl groups is 1. The molecule has 1 aliphatic carbocycles. The molecule has 1 aliphatic rings. The standard InChI is InChI=1S/C36H32F2N2O6/c1-2-44-34(42)29(21-39-26-13-15-27(16-14-26)45-22-24-9-5-3-6-10-24)33(41)28-19-32(38)30(20-31(28)37)36(17-18-36)40-35(43)46-23-25-11-7-4-8-12-25/h3-16,19-21,41H,2,17-18,22-23H2,1H3,(H,40,43)/b33-29-,39-21?. The van der Waals surface area contributed by atoms with Crippen LogP contribution in [0.15, 0.2) is 108 Å². The van der Waals surface area contributed by atoms with Crippen LogP contribution in [-0.2, 0) is 33.0 Å². The first-order chi connectivity index (χ1) is 22.3. The highest BCUT2D eigenvalue weighted by atomic mass is 19.1. The van der Waals surface area contributed by atoms with Gasteiger partial charge in [-0.25, -0.2) is 18.4 Å². The third kappa shape index (κ3) is 7.95. The fourth-order valence-electron chi connectivity index (χ4n) is 4.71. The highest BCUT2D eigenvalue weighted by Crippen LogP contribution is 2.47. The number of esters is 1. The second-order valence-corrected chi connectivity index (χ2v) is 10.6. The average molecular weight is 627 g/mol. The van der Waals surface area contributed by atoms with E-state index in [4.69, 9.17) is 14.2 Å². The lowest BCUT2D eigenvalue weighted by atomic mass is 9.99. The van der Waals surface area contributed by atoms with Gasteiger partial charge in [0.1, 0.15) is 41.9 Å². The van der Waals surface area contributed by atoms with E-state index in [1.807, 2.05) is 48.5 Å². The molecule has 0 radical (unpaired) electrons. The number of benzene rings is 4. The number of ether oxygens (including phenoxy) is 3. The van der Waals surface area contributed by atoms with Gasteiger partial charge in [0.15, 0.2) is 0 Å². The molecule has 0 spiro atoms. The van der Waals surface area contributed by atoms with E-state index in [2.05, 4.69) is 10.3 Å². The van der Waals surface area contributed by atoms with Crippen LogP contribution in [0.4, 0.5) is 19.3 Å². The molecule has 46 heavy (non-hydrogen) atoms. The maximum Gasteiger partial charge on any atom is 0.408 e. The lowest BCUT2D eigenvalue weighted by Crippen LogP contribution is -2.36. The van der Waals surface area contributed by atoms with E-state index < -0.39 is 46.1 Å². The summed E-state index contributed by atoms with van der Waals surface area (Å²) in [6, 6.07) is 27.0. The molecule has 0 saturated heterocycles. The van der Waals surface area contributed by atoms with Gasteiger partial charge in [-0.2, -0.15) is 0 Å². The van der Waals surface area contributed by atoms with Crippen molar-refractivity contribution in [1.82, 2.24) is 5.32 Å². The topological polar surface area (TPSA) is 106 Å². The van der Waals surface area contributed by atoms with Gasteiger partial charge in [0.05, 0.1) is 23.4 Å². The Labute approximate surface area is 265 Å². The van der Waals surface area contributed by atoms with Gasteiger partial charge >= 0.3 is 12.1 Å². The number of alkyl carbamates (subject to hydrolysis) is 1. The Morgan fingerprint density at radius 1 is 0.870 bits per heavy atom. The van der Waals surface area contributed by atoms with Crippen molar-refractivity contribution in [3.63, 3.8) is 0 Å². The van der Waals surface area contributed by atoms with Crippen LogP contribution in [0.3, 0.4) is 0 Å². The lowest BCUT2D eigenvalue weighted by molar-refractivity contribution is -0.137. The van der Waals surface area contributed by atoms with Crippen molar-refractivity contribution in [1.29, 1.82) is 0 Å². The van der Waals surface area contributed by atoms with Gasteiger partial charge in [0.25, 0.3) is 0 Å². The van der Waals surface area contributed by atoms with Gasteiger partial charge in [-0.3, -0.25) is 4.99 Å². The predicted octanol–water partition coefficient (Wildman–Crippen LogP) is 7.69. The van der Waals surface area contributed by atoms with Crippen LogP contribution in [-0.4, -0.2) is 30.0 Å². The van der Waals surface area contributed by atoms with Crippen LogP contribution >= 0.6 is 0 Å². The van der Waals surface area contributed by atoms with Crippen LogP contribution in [0.2, 0.25) is 0 Å². The van der Waals surface area contributed by atoms with Crippen LogP contribution in [0.25, 0.3) is 5.76 Å². The minimum Gasteiger partial charge on any atom is -0.506 e. The maximum atomic E-state index is 15.4. The number of nitrogens with one attached hydrogen (secondary N) is 1. The highest BCUT2D eigenvalue weighted by molar-refractivity contribution is 6.15.